The van der Waals surface area contributed by atoms with Crippen molar-refractivity contribution in [3.63, 3.8) is 0 Å². The molecule has 0 spiro atoms. The van der Waals surface area contributed by atoms with Gasteiger partial charge in [0, 0.05) is 24.7 Å². The van der Waals surface area contributed by atoms with Crippen molar-refractivity contribution in [1.82, 2.24) is 33.5 Å². The van der Waals surface area contributed by atoms with Crippen LogP contribution in [-0.2, 0) is 36.7 Å². The molecule has 0 amide bonds. The van der Waals surface area contributed by atoms with Crippen molar-refractivity contribution < 1.29 is 46.9 Å². The summed E-state index contributed by atoms with van der Waals surface area (Å²) >= 11 is 8.16. The van der Waals surface area contributed by atoms with Gasteiger partial charge in [-0.2, -0.15) is 0 Å². The normalized spacial score (nSPS) is 38.3. The number of aliphatic hydroxyl groups is 2. The largest absolute Gasteiger partial charge is 0.387 e. The van der Waals surface area contributed by atoms with Crippen molar-refractivity contribution in [2.45, 2.75) is 49.1 Å². The minimum atomic E-state index is -4.33. The Morgan fingerprint density at radius 3 is 2.36 bits per heavy atom. The second-order valence-electron chi connectivity index (χ2n) is 10.0. The van der Waals surface area contributed by atoms with E-state index in [1.807, 2.05) is 0 Å². The van der Waals surface area contributed by atoms with Crippen LogP contribution in [0.25, 0.3) is 16.9 Å². The van der Waals surface area contributed by atoms with E-state index in [2.05, 4.69) is 44.4 Å². The van der Waals surface area contributed by atoms with E-state index >= 15 is 0 Å². The molecule has 0 aliphatic carbocycles. The highest BCUT2D eigenvalue weighted by molar-refractivity contribution is 8.44. The van der Waals surface area contributed by atoms with Crippen molar-refractivity contribution in [3.05, 3.63) is 47.7 Å². The number of nitrogens with zero attached hydrogens (tertiary/aromatic N) is 7. The zero-order chi connectivity index (χ0) is 31.0. The smallest absolute Gasteiger partial charge is 0.386 e. The summed E-state index contributed by atoms with van der Waals surface area (Å²) in [4.78, 5) is 28.6. The minimum Gasteiger partial charge on any atom is -0.387 e. The van der Waals surface area contributed by atoms with Crippen molar-refractivity contribution in [2.24, 2.45) is 0 Å². The summed E-state index contributed by atoms with van der Waals surface area (Å²) in [7, 11) is 0. The van der Waals surface area contributed by atoms with Gasteiger partial charge in [-0.05, 0) is 0 Å². The van der Waals surface area contributed by atoms with Gasteiger partial charge in [-0.25, -0.2) is 29.1 Å². The molecule has 3 aliphatic heterocycles. The van der Waals surface area contributed by atoms with E-state index in [1.54, 1.807) is 0 Å². The maximum Gasteiger partial charge on any atom is 0.386 e. The van der Waals surface area contributed by atoms with E-state index in [0.717, 1.165) is 0 Å². The molecule has 2 bridgehead atoms. The monoisotopic (exact) mass is 690 g/mol. The molecule has 7 heterocycles. The van der Waals surface area contributed by atoms with Gasteiger partial charge in [-0.3, -0.25) is 36.4 Å². The summed E-state index contributed by atoms with van der Waals surface area (Å²) < 4.78 is 65.2. The van der Waals surface area contributed by atoms with Crippen LogP contribution in [0.4, 0.5) is 5.82 Å². The fourth-order valence-corrected chi connectivity index (χ4v) is 8.27. The van der Waals surface area contributed by atoms with Gasteiger partial charge in [-0.1, -0.05) is 24.5 Å². The first-order valence-corrected chi connectivity index (χ1v) is 18.3. The predicted octanol–water partition coefficient (Wildman–Crippen LogP) is 0.328. The summed E-state index contributed by atoms with van der Waals surface area (Å²) in [5.74, 6) is 0.225. The number of aromatic nitrogens is 7. The quantitative estimate of drug-likeness (QED) is 0.141. The van der Waals surface area contributed by atoms with Crippen molar-refractivity contribution in [2.75, 3.05) is 18.9 Å². The van der Waals surface area contributed by atoms with Crippen LogP contribution in [0.2, 0.25) is 0 Å². The van der Waals surface area contributed by atoms with Gasteiger partial charge in [0.05, 0.1) is 19.5 Å². The average molecular weight is 691 g/mol. The molecule has 0 radical (unpaired) electrons. The van der Waals surface area contributed by atoms with Crippen molar-refractivity contribution >= 4 is 60.9 Å². The van der Waals surface area contributed by atoms with Crippen LogP contribution < -0.4 is 11.3 Å². The molecule has 4 N–H and O–H groups in total. The van der Waals surface area contributed by atoms with E-state index in [9.17, 15) is 24.1 Å². The summed E-state index contributed by atoms with van der Waals surface area (Å²) in [6.45, 7) is -9.72. The summed E-state index contributed by atoms with van der Waals surface area (Å²) in [5, 5.41) is 22.4. The van der Waals surface area contributed by atoms with E-state index in [-0.39, 0.29) is 28.3 Å². The van der Waals surface area contributed by atoms with Crippen LogP contribution in [0.15, 0.2) is 42.1 Å². The lowest BCUT2D eigenvalue weighted by Crippen LogP contribution is -2.36. The van der Waals surface area contributed by atoms with Gasteiger partial charge < -0.3 is 25.4 Å². The second kappa shape index (κ2) is 11.1. The number of imidazole rings is 2. The Balaban J connectivity index is 1.21. The zero-order valence-electron chi connectivity index (χ0n) is 22.1. The fraction of sp³-hybridized carbons (Fsp3) is 0.476. The highest BCUT2D eigenvalue weighted by Crippen LogP contribution is 2.60. The van der Waals surface area contributed by atoms with Gasteiger partial charge in [0.2, 0.25) is 5.78 Å². The number of hydrogen-bond donors (Lipinski definition) is 5. The van der Waals surface area contributed by atoms with Gasteiger partial charge in [0.1, 0.15) is 48.5 Å². The molecule has 10 atom stereocenters. The van der Waals surface area contributed by atoms with Gasteiger partial charge in [-0.15, -0.1) is 0 Å². The Kier molecular flexibility index (Phi) is 7.67. The summed E-state index contributed by atoms with van der Waals surface area (Å²) in [5.41, 5.74) is 5.97. The van der Waals surface area contributed by atoms with E-state index in [4.69, 9.17) is 33.3 Å². The molecular formula is C21H24N8O11P2S2. The average Bonchev–Trinajstić information content (AvgIpc) is 3.75. The third-order valence-corrected chi connectivity index (χ3v) is 10.6. The molecule has 0 saturated carbocycles. The van der Waals surface area contributed by atoms with Gasteiger partial charge >= 0.3 is 13.6 Å². The van der Waals surface area contributed by atoms with E-state index in [1.165, 1.54) is 50.8 Å². The maximum atomic E-state index is 13.5. The van der Waals surface area contributed by atoms with E-state index in [0.29, 0.717) is 0 Å². The molecule has 236 valence electrons. The number of nitrogens with two attached hydrogens (primary N) is 1. The van der Waals surface area contributed by atoms with Crippen molar-refractivity contribution in [3.8, 4) is 0 Å². The number of thiol groups is 2. The number of hydrogen-bond acceptors (Lipinski definition) is 16. The molecule has 4 aromatic heterocycles. The Morgan fingerprint density at radius 2 is 1.59 bits per heavy atom. The number of anilines is 1. The third-order valence-electron chi connectivity index (χ3n) is 7.34. The molecule has 3 saturated heterocycles. The van der Waals surface area contributed by atoms with Crippen LogP contribution >= 0.6 is 38.1 Å². The van der Waals surface area contributed by atoms with E-state index < -0.39 is 75.9 Å². The van der Waals surface area contributed by atoms with Crippen LogP contribution in [0.1, 0.15) is 12.5 Å². The fourth-order valence-electron chi connectivity index (χ4n) is 5.32. The molecule has 3 aliphatic rings. The third kappa shape index (κ3) is 5.29. The lowest BCUT2D eigenvalue weighted by atomic mass is 10.1. The molecule has 44 heavy (non-hydrogen) atoms. The molecule has 23 heteroatoms. The highest BCUT2D eigenvalue weighted by atomic mass is 32.7. The molecule has 0 aromatic carbocycles. The second-order valence-corrected chi connectivity index (χ2v) is 15.8. The van der Waals surface area contributed by atoms with Crippen LogP contribution in [-0.4, -0.2) is 93.5 Å². The predicted molar refractivity (Wildman–Crippen MR) is 154 cm³/mol. The number of aliphatic hydroxyl groups excluding tert-OH is 2. The molecule has 0 unspecified atom stereocenters. The Hall–Kier alpha value is -2.39. The Labute approximate surface area is 256 Å². The minimum absolute atomic E-state index is 0.0951. The van der Waals surface area contributed by atoms with Crippen molar-refractivity contribution in [1.29, 1.82) is 0 Å². The number of rotatable bonds is 2. The molecule has 3 fully saturated rings. The maximum absolute atomic E-state index is 13.5. The number of ether oxygens (including phenoxy) is 2. The summed E-state index contributed by atoms with van der Waals surface area (Å²) in [6, 6.07) is 1.24. The first-order chi connectivity index (χ1) is 20.9. The standard InChI is InChI=1S/C21H24N8O11P2S2/c22-17-12-18(25-7-24-17)29(8-26-12)19-14(32)15-10(38-19)6-36-42(34,44)40-16-13(31)9(5-35-41(33,43)39-15)37-20(16)28-3-1-11(30)27-4-2-23-21(27)28/h1-4,7-10,13-16,19-20,31-32H,5-6H2,(H,33,43)(H,34,44)(H2,22,24,25)/t9-,10-,13-,14-,15-,16-,19-,20-,41-,42-/m1/s1. The Bertz CT molecular complexity index is 1890. The highest BCUT2D eigenvalue weighted by Gasteiger charge is 2.53. The molecule has 19 nitrogen and oxygen atoms in total. The lowest BCUT2D eigenvalue weighted by molar-refractivity contribution is -0.0578. The summed E-state index contributed by atoms with van der Waals surface area (Å²) in [6.07, 6.45) is -4.05. The lowest BCUT2D eigenvalue weighted by Gasteiger charge is -2.27. The zero-order valence-corrected chi connectivity index (χ0v) is 25.6. The SMILES string of the molecule is Nc1ncnc2c1ncn2[C@@H]1O[C@@H]2CO[P@@](=O)(S)O[C@@H]3[C@H](O)[C@@H](CO[P@@](=O)(S)O[C@H]2[C@H]1O)O[C@H]3n1ccc(=O)n2ccnc12. The molecule has 7 rings (SSSR count). The molecule has 4 aromatic rings. The first-order valence-electron chi connectivity index (χ1n) is 12.9. The topological polar surface area (TPSA) is 239 Å². The number of fused-ring (bicyclic) bond motifs is 5. The number of nitrogen functional groups attached to an aromatic ring is 1. The van der Waals surface area contributed by atoms with Gasteiger partial charge in [0.15, 0.2) is 23.9 Å². The van der Waals surface area contributed by atoms with Crippen LogP contribution in [0, 0.1) is 0 Å². The molecular weight excluding hydrogens is 666 g/mol. The van der Waals surface area contributed by atoms with Crippen LogP contribution in [0.5, 0.6) is 0 Å². The Morgan fingerprint density at radius 1 is 0.886 bits per heavy atom. The first kappa shape index (κ1) is 30.3. The van der Waals surface area contributed by atoms with Gasteiger partial charge in [0.25, 0.3) is 5.56 Å². The van der Waals surface area contributed by atoms with Crippen LogP contribution in [0.3, 0.4) is 0 Å².